The van der Waals surface area contributed by atoms with Crippen LogP contribution in [0, 0.1) is 23.6 Å². The van der Waals surface area contributed by atoms with Gasteiger partial charge in [0.1, 0.15) is 0 Å². The molecule has 1 aromatic rings. The van der Waals surface area contributed by atoms with Crippen molar-refractivity contribution in [2.24, 2.45) is 17.8 Å². The van der Waals surface area contributed by atoms with Crippen molar-refractivity contribution >= 4 is 0 Å². The standard InChI is InChI=1S/C21H28F4O/c1-2-3-4-14-5-7-15(8-6-14)16-9-10-17-13-20(26-21(23,24)25)19(22)12-18(17)11-16/h12-16H,2-11H2,1H3. The first-order chi connectivity index (χ1) is 12.4. The number of rotatable bonds is 5. The second kappa shape index (κ2) is 8.18. The fourth-order valence-electron chi connectivity index (χ4n) is 4.83. The van der Waals surface area contributed by atoms with E-state index in [1.807, 2.05) is 0 Å². The van der Waals surface area contributed by atoms with Gasteiger partial charge in [-0.25, -0.2) is 4.39 Å². The normalized spacial score (nSPS) is 26.4. The summed E-state index contributed by atoms with van der Waals surface area (Å²) in [4.78, 5) is 0. The fraction of sp³-hybridized carbons (Fsp3) is 0.714. The van der Waals surface area contributed by atoms with Gasteiger partial charge in [-0.1, -0.05) is 39.0 Å². The van der Waals surface area contributed by atoms with Gasteiger partial charge in [0.25, 0.3) is 0 Å². The molecular formula is C21H28F4O. The zero-order chi connectivity index (χ0) is 18.7. The molecule has 26 heavy (non-hydrogen) atoms. The Morgan fingerprint density at radius 2 is 1.73 bits per heavy atom. The number of alkyl halides is 3. The molecule has 1 nitrogen and oxygen atoms in total. The summed E-state index contributed by atoms with van der Waals surface area (Å²) < 4.78 is 55.0. The Kier molecular flexibility index (Phi) is 6.13. The molecule has 5 heteroatoms. The van der Waals surface area contributed by atoms with Gasteiger partial charge in [0.2, 0.25) is 0 Å². The molecule has 3 rings (SSSR count). The molecule has 146 valence electrons. The zero-order valence-corrected chi connectivity index (χ0v) is 15.4. The monoisotopic (exact) mass is 372 g/mol. The first-order valence-corrected chi connectivity index (χ1v) is 9.92. The summed E-state index contributed by atoms with van der Waals surface area (Å²) in [5, 5.41) is 0. The summed E-state index contributed by atoms with van der Waals surface area (Å²) in [7, 11) is 0. The number of fused-ring (bicyclic) bond motifs is 1. The number of benzene rings is 1. The quantitative estimate of drug-likeness (QED) is 0.515. The fourth-order valence-corrected chi connectivity index (χ4v) is 4.83. The van der Waals surface area contributed by atoms with Crippen LogP contribution in [0.5, 0.6) is 5.75 Å². The van der Waals surface area contributed by atoms with E-state index in [0.29, 0.717) is 18.3 Å². The molecule has 0 bridgehead atoms. The van der Waals surface area contributed by atoms with Gasteiger partial charge in [-0.2, -0.15) is 0 Å². The average molecular weight is 372 g/mol. The van der Waals surface area contributed by atoms with Gasteiger partial charge < -0.3 is 4.74 Å². The highest BCUT2D eigenvalue weighted by Gasteiger charge is 2.34. The van der Waals surface area contributed by atoms with E-state index in [0.717, 1.165) is 29.9 Å². The highest BCUT2D eigenvalue weighted by Crippen LogP contribution is 2.42. The molecule has 1 aromatic carbocycles. The van der Waals surface area contributed by atoms with Gasteiger partial charge in [0.05, 0.1) is 0 Å². The van der Waals surface area contributed by atoms with Crippen LogP contribution in [0.3, 0.4) is 0 Å². The van der Waals surface area contributed by atoms with E-state index < -0.39 is 17.9 Å². The molecule has 1 saturated carbocycles. The number of hydrogen-bond acceptors (Lipinski definition) is 1. The smallest absolute Gasteiger partial charge is 0.403 e. The summed E-state index contributed by atoms with van der Waals surface area (Å²) in [6, 6.07) is 2.51. The van der Waals surface area contributed by atoms with Crippen LogP contribution in [0.4, 0.5) is 17.6 Å². The number of aryl methyl sites for hydroxylation is 1. The van der Waals surface area contributed by atoms with Crippen LogP contribution < -0.4 is 4.74 Å². The summed E-state index contributed by atoms with van der Waals surface area (Å²) in [5.74, 6) is 0.455. The summed E-state index contributed by atoms with van der Waals surface area (Å²) >= 11 is 0. The third-order valence-corrected chi connectivity index (χ3v) is 6.27. The molecule has 0 aromatic heterocycles. The first-order valence-electron chi connectivity index (χ1n) is 9.92. The number of halogens is 4. The predicted molar refractivity (Wildman–Crippen MR) is 93.6 cm³/mol. The second-order valence-corrected chi connectivity index (χ2v) is 8.03. The molecule has 0 N–H and O–H groups in total. The lowest BCUT2D eigenvalue weighted by atomic mass is 9.69. The Morgan fingerprint density at radius 3 is 2.38 bits per heavy atom. The molecule has 0 spiro atoms. The van der Waals surface area contributed by atoms with Gasteiger partial charge in [-0.3, -0.25) is 0 Å². The molecule has 0 aliphatic heterocycles. The third-order valence-electron chi connectivity index (χ3n) is 6.27. The molecule has 1 fully saturated rings. The Balaban J connectivity index is 1.61. The van der Waals surface area contributed by atoms with Crippen LogP contribution in [0.15, 0.2) is 12.1 Å². The lowest BCUT2D eigenvalue weighted by Crippen LogP contribution is -2.27. The molecular weight excluding hydrogens is 344 g/mol. The minimum Gasteiger partial charge on any atom is -0.403 e. The molecule has 0 radical (unpaired) electrons. The Morgan fingerprint density at radius 1 is 1.00 bits per heavy atom. The number of unbranched alkanes of at least 4 members (excludes halogenated alkanes) is 1. The largest absolute Gasteiger partial charge is 0.573 e. The van der Waals surface area contributed by atoms with Crippen molar-refractivity contribution in [1.82, 2.24) is 0 Å². The van der Waals surface area contributed by atoms with Crippen molar-refractivity contribution in [2.75, 3.05) is 0 Å². The van der Waals surface area contributed by atoms with E-state index in [-0.39, 0.29) is 0 Å². The summed E-state index contributed by atoms with van der Waals surface area (Å²) in [6.45, 7) is 2.23. The number of ether oxygens (including phenoxy) is 1. The molecule has 1 unspecified atom stereocenters. The minimum atomic E-state index is -4.86. The SMILES string of the molecule is CCCCC1CCC(C2CCc3cc(OC(F)(F)F)c(F)cc3C2)CC1. The van der Waals surface area contributed by atoms with E-state index >= 15 is 0 Å². The Hall–Kier alpha value is -1.26. The van der Waals surface area contributed by atoms with Crippen LogP contribution in [0.25, 0.3) is 0 Å². The zero-order valence-electron chi connectivity index (χ0n) is 15.4. The lowest BCUT2D eigenvalue weighted by molar-refractivity contribution is -0.275. The maximum atomic E-state index is 14.0. The van der Waals surface area contributed by atoms with E-state index in [2.05, 4.69) is 11.7 Å². The molecule has 0 amide bonds. The lowest BCUT2D eigenvalue weighted by Gasteiger charge is -2.36. The van der Waals surface area contributed by atoms with Crippen LogP contribution in [-0.2, 0) is 12.8 Å². The molecule has 2 aliphatic rings. The maximum Gasteiger partial charge on any atom is 0.573 e. The Bertz CT molecular complexity index is 603. The van der Waals surface area contributed by atoms with Crippen LogP contribution >= 0.6 is 0 Å². The summed E-state index contributed by atoms with van der Waals surface area (Å²) in [6.07, 6.45) is 6.59. The van der Waals surface area contributed by atoms with Gasteiger partial charge in [-0.05, 0) is 73.1 Å². The van der Waals surface area contributed by atoms with Crippen LogP contribution in [0.1, 0.15) is 69.4 Å². The number of hydrogen-bond donors (Lipinski definition) is 0. The molecule has 1 atom stereocenters. The predicted octanol–water partition coefficient (Wildman–Crippen LogP) is 6.83. The van der Waals surface area contributed by atoms with E-state index in [4.69, 9.17) is 0 Å². The molecule has 2 aliphatic carbocycles. The van der Waals surface area contributed by atoms with Crippen molar-refractivity contribution in [3.63, 3.8) is 0 Å². The van der Waals surface area contributed by atoms with Crippen molar-refractivity contribution in [3.8, 4) is 5.75 Å². The van der Waals surface area contributed by atoms with Crippen molar-refractivity contribution in [1.29, 1.82) is 0 Å². The van der Waals surface area contributed by atoms with Gasteiger partial charge in [0, 0.05) is 0 Å². The van der Waals surface area contributed by atoms with Gasteiger partial charge >= 0.3 is 6.36 Å². The Labute approximate surface area is 153 Å². The minimum absolute atomic E-state index is 0.531. The van der Waals surface area contributed by atoms with Crippen LogP contribution in [0.2, 0.25) is 0 Å². The highest BCUT2D eigenvalue weighted by atomic mass is 19.4. The van der Waals surface area contributed by atoms with Crippen molar-refractivity contribution in [3.05, 3.63) is 29.1 Å². The summed E-state index contributed by atoms with van der Waals surface area (Å²) in [5.41, 5.74) is 1.67. The molecule has 0 saturated heterocycles. The van der Waals surface area contributed by atoms with Gasteiger partial charge in [0.15, 0.2) is 11.6 Å². The topological polar surface area (TPSA) is 9.23 Å². The highest BCUT2D eigenvalue weighted by molar-refractivity contribution is 5.39. The van der Waals surface area contributed by atoms with E-state index in [1.165, 1.54) is 57.1 Å². The van der Waals surface area contributed by atoms with Crippen LogP contribution in [-0.4, -0.2) is 6.36 Å². The van der Waals surface area contributed by atoms with Gasteiger partial charge in [-0.15, -0.1) is 13.2 Å². The van der Waals surface area contributed by atoms with Crippen molar-refractivity contribution < 1.29 is 22.3 Å². The average Bonchev–Trinajstić information content (AvgIpc) is 2.59. The molecule has 0 heterocycles. The first kappa shape index (κ1) is 19.5. The maximum absolute atomic E-state index is 14.0. The van der Waals surface area contributed by atoms with E-state index in [9.17, 15) is 17.6 Å². The van der Waals surface area contributed by atoms with Crippen molar-refractivity contribution in [2.45, 2.75) is 77.5 Å². The second-order valence-electron chi connectivity index (χ2n) is 8.03. The third kappa shape index (κ3) is 4.92. The van der Waals surface area contributed by atoms with E-state index in [1.54, 1.807) is 0 Å².